The van der Waals surface area contributed by atoms with E-state index in [1.54, 1.807) is 18.4 Å². The first-order valence-electron chi connectivity index (χ1n) is 8.99. The molecule has 142 valence electrons. The molecule has 3 rings (SSSR count). The topological polar surface area (TPSA) is 72.8 Å². The first-order valence-corrected chi connectivity index (χ1v) is 8.99. The van der Waals surface area contributed by atoms with Crippen LogP contribution in [0.15, 0.2) is 67.5 Å². The highest BCUT2D eigenvalue weighted by atomic mass is 16.5. The Bertz CT molecular complexity index is 1050. The summed E-state index contributed by atoms with van der Waals surface area (Å²) in [6.07, 6.45) is 6.37. The highest BCUT2D eigenvalue weighted by molar-refractivity contribution is 6.01. The van der Waals surface area contributed by atoms with E-state index in [4.69, 9.17) is 13.6 Å². The molecule has 0 saturated carbocycles. The summed E-state index contributed by atoms with van der Waals surface area (Å²) in [5.74, 6) is 0.649. The van der Waals surface area contributed by atoms with E-state index in [-0.39, 0.29) is 0 Å². The van der Waals surface area contributed by atoms with E-state index >= 15 is 0 Å². The van der Waals surface area contributed by atoms with Crippen molar-refractivity contribution in [3.05, 3.63) is 64.2 Å². The van der Waals surface area contributed by atoms with Gasteiger partial charge in [0, 0.05) is 12.1 Å². The molecule has 0 aliphatic rings. The Labute approximate surface area is 157 Å². The van der Waals surface area contributed by atoms with Gasteiger partial charge >= 0.3 is 5.63 Å². The molecule has 5 nitrogen and oxygen atoms in total. The van der Waals surface area contributed by atoms with Crippen molar-refractivity contribution in [2.24, 2.45) is 0 Å². The molecule has 2 heterocycles. The zero-order valence-corrected chi connectivity index (χ0v) is 15.8. The molecule has 0 saturated heterocycles. The van der Waals surface area contributed by atoms with Crippen LogP contribution in [0.5, 0.6) is 5.75 Å². The first-order chi connectivity index (χ1) is 12.9. The van der Waals surface area contributed by atoms with Crippen LogP contribution in [0.25, 0.3) is 21.9 Å². The Morgan fingerprint density at radius 2 is 1.96 bits per heavy atom. The monoisotopic (exact) mass is 368 g/mol. The van der Waals surface area contributed by atoms with Crippen LogP contribution in [-0.2, 0) is 0 Å². The van der Waals surface area contributed by atoms with Gasteiger partial charge in [-0.15, -0.1) is 0 Å². The lowest BCUT2D eigenvalue weighted by Gasteiger charge is -2.10. The summed E-state index contributed by atoms with van der Waals surface area (Å²) in [4.78, 5) is 11.5. The van der Waals surface area contributed by atoms with Gasteiger partial charge in [0.2, 0.25) is 0 Å². The first kappa shape index (κ1) is 19.0. The van der Waals surface area contributed by atoms with Crippen molar-refractivity contribution in [2.75, 3.05) is 6.61 Å². The van der Waals surface area contributed by atoms with Crippen LogP contribution in [0.2, 0.25) is 0 Å². The lowest BCUT2D eigenvalue weighted by Crippen LogP contribution is -2.04. The standard InChI is InChI=1S/C22H24O5/c1-14(2)11-16(23)12-15(3)5-4-9-26-22-17-6-7-21(24)27-20(17)13-19-18(22)8-10-25-19/h5-8,10-11,13,16,23H,4,9,12H2,1-3H3/t16-/m1/s1. The average molecular weight is 368 g/mol. The molecule has 0 amide bonds. The van der Waals surface area contributed by atoms with E-state index in [1.807, 2.05) is 32.9 Å². The zero-order valence-electron chi connectivity index (χ0n) is 15.8. The number of hydrogen-bond acceptors (Lipinski definition) is 5. The molecule has 0 fully saturated rings. The van der Waals surface area contributed by atoms with Crippen LogP contribution in [0, 0.1) is 0 Å². The summed E-state index contributed by atoms with van der Waals surface area (Å²) in [6.45, 7) is 6.41. The minimum atomic E-state index is -0.460. The van der Waals surface area contributed by atoms with Gasteiger partial charge in [-0.3, -0.25) is 0 Å². The van der Waals surface area contributed by atoms with Gasteiger partial charge in [0.25, 0.3) is 0 Å². The van der Waals surface area contributed by atoms with Crippen molar-refractivity contribution in [3.63, 3.8) is 0 Å². The quantitative estimate of drug-likeness (QED) is 0.362. The number of aliphatic hydroxyl groups excluding tert-OH is 1. The summed E-state index contributed by atoms with van der Waals surface area (Å²) in [7, 11) is 0. The van der Waals surface area contributed by atoms with Gasteiger partial charge in [0.1, 0.15) is 16.9 Å². The van der Waals surface area contributed by atoms with E-state index in [2.05, 4.69) is 6.08 Å². The number of rotatable bonds is 7. The maximum Gasteiger partial charge on any atom is 0.336 e. The summed E-state index contributed by atoms with van der Waals surface area (Å²) < 4.78 is 16.7. The Morgan fingerprint density at radius 1 is 1.19 bits per heavy atom. The molecule has 2 aromatic heterocycles. The summed E-state index contributed by atoms with van der Waals surface area (Å²) in [6, 6.07) is 6.63. The number of aliphatic hydroxyl groups is 1. The van der Waals surface area contributed by atoms with Crippen molar-refractivity contribution in [2.45, 2.75) is 39.7 Å². The van der Waals surface area contributed by atoms with Crippen molar-refractivity contribution in [3.8, 4) is 5.75 Å². The van der Waals surface area contributed by atoms with E-state index in [1.165, 1.54) is 6.07 Å². The average Bonchev–Trinajstić information content (AvgIpc) is 3.04. The number of ether oxygens (including phenoxy) is 1. The fourth-order valence-electron chi connectivity index (χ4n) is 3.09. The van der Waals surface area contributed by atoms with Crippen LogP contribution in [0.4, 0.5) is 0 Å². The second-order valence-corrected chi connectivity index (χ2v) is 6.91. The molecular weight excluding hydrogens is 344 g/mol. The molecule has 3 aromatic rings. The SMILES string of the molecule is CC(C)=C[C@@H](O)CC(C)=CCCOc1c2ccoc2cc2oc(=O)ccc12. The summed E-state index contributed by atoms with van der Waals surface area (Å²) in [5, 5.41) is 11.5. The number of benzene rings is 1. The maximum atomic E-state index is 11.5. The Kier molecular flexibility index (Phi) is 5.81. The van der Waals surface area contributed by atoms with Gasteiger partial charge in [-0.2, -0.15) is 0 Å². The normalized spacial score (nSPS) is 13.1. The van der Waals surface area contributed by atoms with E-state index < -0.39 is 11.7 Å². The Morgan fingerprint density at radius 3 is 2.74 bits per heavy atom. The minimum Gasteiger partial charge on any atom is -0.492 e. The van der Waals surface area contributed by atoms with Crippen molar-refractivity contribution in [1.29, 1.82) is 0 Å². The second kappa shape index (κ2) is 8.27. The molecule has 1 atom stereocenters. The number of fused-ring (bicyclic) bond motifs is 2. The van der Waals surface area contributed by atoms with Crippen LogP contribution in [0.1, 0.15) is 33.6 Å². The molecular formula is C22H24O5. The van der Waals surface area contributed by atoms with Gasteiger partial charge in [0.15, 0.2) is 0 Å². The largest absolute Gasteiger partial charge is 0.492 e. The molecule has 0 radical (unpaired) electrons. The van der Waals surface area contributed by atoms with Gasteiger partial charge in [-0.25, -0.2) is 4.79 Å². The van der Waals surface area contributed by atoms with Gasteiger partial charge in [-0.05, 0) is 45.7 Å². The predicted molar refractivity (Wildman–Crippen MR) is 106 cm³/mol. The minimum absolute atomic E-state index is 0.409. The number of furan rings is 1. The van der Waals surface area contributed by atoms with E-state index in [9.17, 15) is 9.90 Å². The highest BCUT2D eigenvalue weighted by Gasteiger charge is 2.13. The zero-order chi connectivity index (χ0) is 19.4. The Balaban J connectivity index is 1.73. The van der Waals surface area contributed by atoms with Crippen molar-refractivity contribution >= 4 is 21.9 Å². The summed E-state index contributed by atoms with van der Waals surface area (Å²) >= 11 is 0. The van der Waals surface area contributed by atoms with Gasteiger partial charge in [0.05, 0.1) is 29.7 Å². The molecule has 1 aromatic carbocycles. The Hall–Kier alpha value is -2.79. The van der Waals surface area contributed by atoms with E-state index in [0.717, 1.165) is 21.9 Å². The molecule has 0 unspecified atom stereocenters. The lowest BCUT2D eigenvalue weighted by molar-refractivity contribution is 0.222. The molecule has 5 heteroatoms. The number of hydrogen-bond donors (Lipinski definition) is 1. The summed E-state index contributed by atoms with van der Waals surface area (Å²) in [5.41, 5.74) is 2.86. The highest BCUT2D eigenvalue weighted by Crippen LogP contribution is 2.35. The van der Waals surface area contributed by atoms with Crippen molar-refractivity contribution < 1.29 is 18.7 Å². The third kappa shape index (κ3) is 4.68. The van der Waals surface area contributed by atoms with Crippen LogP contribution >= 0.6 is 0 Å². The number of allylic oxidation sites excluding steroid dienone is 1. The van der Waals surface area contributed by atoms with Crippen LogP contribution < -0.4 is 10.4 Å². The molecule has 1 N–H and O–H groups in total. The second-order valence-electron chi connectivity index (χ2n) is 6.91. The predicted octanol–water partition coefficient (Wildman–Crippen LogP) is 4.97. The molecule has 0 spiro atoms. The fourth-order valence-corrected chi connectivity index (χ4v) is 3.09. The molecule has 27 heavy (non-hydrogen) atoms. The third-order valence-electron chi connectivity index (χ3n) is 4.22. The van der Waals surface area contributed by atoms with Gasteiger partial charge < -0.3 is 18.7 Å². The van der Waals surface area contributed by atoms with Gasteiger partial charge in [-0.1, -0.05) is 23.3 Å². The molecule has 0 aliphatic carbocycles. The third-order valence-corrected chi connectivity index (χ3v) is 4.22. The lowest BCUT2D eigenvalue weighted by atomic mass is 10.1. The van der Waals surface area contributed by atoms with Crippen LogP contribution in [0.3, 0.4) is 0 Å². The molecule has 0 bridgehead atoms. The molecule has 0 aliphatic heterocycles. The smallest absolute Gasteiger partial charge is 0.336 e. The van der Waals surface area contributed by atoms with Crippen molar-refractivity contribution in [1.82, 2.24) is 0 Å². The maximum absolute atomic E-state index is 11.5. The fraction of sp³-hybridized carbons (Fsp3) is 0.318. The van der Waals surface area contributed by atoms with E-state index in [0.29, 0.717) is 36.4 Å². The van der Waals surface area contributed by atoms with Crippen LogP contribution in [-0.4, -0.2) is 17.8 Å².